The lowest BCUT2D eigenvalue weighted by atomic mass is 10.00. The summed E-state index contributed by atoms with van der Waals surface area (Å²) in [7, 11) is 0. The topological polar surface area (TPSA) is 61.4 Å². The highest BCUT2D eigenvalue weighted by molar-refractivity contribution is 5.95. The van der Waals surface area contributed by atoms with Crippen LogP contribution in [-0.2, 0) is 4.79 Å². The van der Waals surface area contributed by atoms with Crippen molar-refractivity contribution < 1.29 is 9.59 Å². The van der Waals surface area contributed by atoms with Gasteiger partial charge in [0.05, 0.1) is 6.54 Å². The van der Waals surface area contributed by atoms with E-state index in [0.717, 1.165) is 25.9 Å². The minimum absolute atomic E-state index is 0.248. The summed E-state index contributed by atoms with van der Waals surface area (Å²) in [6.07, 6.45) is 3.92. The molecule has 0 radical (unpaired) electrons. The van der Waals surface area contributed by atoms with E-state index < -0.39 is 6.03 Å². The van der Waals surface area contributed by atoms with Crippen molar-refractivity contribution in [3.05, 3.63) is 42.0 Å². The van der Waals surface area contributed by atoms with Crippen molar-refractivity contribution in [2.45, 2.75) is 19.8 Å². The van der Waals surface area contributed by atoms with Crippen LogP contribution in [0.4, 0.5) is 4.79 Å². The second-order valence-electron chi connectivity index (χ2n) is 5.38. The Bertz CT molecular complexity index is 540. The van der Waals surface area contributed by atoms with Gasteiger partial charge in [0.25, 0.3) is 0 Å². The van der Waals surface area contributed by atoms with Gasteiger partial charge in [0.15, 0.2) is 0 Å². The summed E-state index contributed by atoms with van der Waals surface area (Å²) in [5.41, 5.74) is 2.56. The minimum atomic E-state index is -0.413. The lowest BCUT2D eigenvalue weighted by Crippen LogP contribution is -2.45. The zero-order valence-corrected chi connectivity index (χ0v) is 13.0. The van der Waals surface area contributed by atoms with Crippen molar-refractivity contribution in [1.82, 2.24) is 15.5 Å². The molecule has 0 bridgehead atoms. The van der Waals surface area contributed by atoms with E-state index in [-0.39, 0.29) is 12.5 Å². The Kier molecular flexibility index (Phi) is 6.15. The van der Waals surface area contributed by atoms with E-state index in [9.17, 15) is 9.59 Å². The summed E-state index contributed by atoms with van der Waals surface area (Å²) in [4.78, 5) is 25.3. The Morgan fingerprint density at radius 2 is 2.00 bits per heavy atom. The van der Waals surface area contributed by atoms with E-state index in [0.29, 0.717) is 6.54 Å². The van der Waals surface area contributed by atoms with Gasteiger partial charge in [-0.2, -0.15) is 0 Å². The molecule has 2 N–H and O–H groups in total. The normalized spacial score (nSPS) is 15.0. The Labute approximate surface area is 131 Å². The number of hydrogen-bond donors (Lipinski definition) is 2. The van der Waals surface area contributed by atoms with Gasteiger partial charge in [-0.3, -0.25) is 15.0 Å². The molecule has 22 heavy (non-hydrogen) atoms. The van der Waals surface area contributed by atoms with Crippen molar-refractivity contribution in [3.8, 4) is 0 Å². The molecule has 0 aromatic heterocycles. The van der Waals surface area contributed by atoms with Crippen molar-refractivity contribution in [3.63, 3.8) is 0 Å². The largest absolute Gasteiger partial charge is 0.338 e. The highest BCUT2D eigenvalue weighted by Gasteiger charge is 2.16. The number of nitrogens with one attached hydrogen (secondary N) is 2. The van der Waals surface area contributed by atoms with Gasteiger partial charge in [-0.05, 0) is 24.0 Å². The summed E-state index contributed by atoms with van der Waals surface area (Å²) >= 11 is 0. The molecule has 0 aliphatic carbocycles. The maximum atomic E-state index is 11.8. The average Bonchev–Trinajstić information content (AvgIpc) is 2.54. The smallest absolute Gasteiger partial charge is 0.321 e. The molecule has 0 fully saturated rings. The van der Waals surface area contributed by atoms with E-state index >= 15 is 0 Å². The van der Waals surface area contributed by atoms with Gasteiger partial charge in [0, 0.05) is 19.6 Å². The van der Waals surface area contributed by atoms with Gasteiger partial charge >= 0.3 is 6.03 Å². The van der Waals surface area contributed by atoms with E-state index in [1.807, 2.05) is 30.0 Å². The van der Waals surface area contributed by atoms with E-state index in [1.54, 1.807) is 0 Å². The number of benzene rings is 1. The Hall–Kier alpha value is -2.14. The summed E-state index contributed by atoms with van der Waals surface area (Å²) in [6.45, 7) is 4.34. The molecule has 5 nitrogen and oxygen atoms in total. The third-order valence-electron chi connectivity index (χ3n) is 3.59. The minimum Gasteiger partial charge on any atom is -0.338 e. The molecule has 0 spiro atoms. The van der Waals surface area contributed by atoms with Crippen molar-refractivity contribution in [2.75, 3.05) is 26.2 Å². The van der Waals surface area contributed by atoms with Gasteiger partial charge in [-0.25, -0.2) is 4.79 Å². The first-order valence-electron chi connectivity index (χ1n) is 7.73. The van der Waals surface area contributed by atoms with Crippen LogP contribution < -0.4 is 10.6 Å². The zero-order valence-electron chi connectivity index (χ0n) is 13.0. The van der Waals surface area contributed by atoms with Crippen molar-refractivity contribution in [2.24, 2.45) is 0 Å². The highest BCUT2D eigenvalue weighted by atomic mass is 16.2. The van der Waals surface area contributed by atoms with E-state index in [4.69, 9.17) is 0 Å². The summed E-state index contributed by atoms with van der Waals surface area (Å²) in [6, 6.07) is 9.87. The van der Waals surface area contributed by atoms with Gasteiger partial charge in [-0.1, -0.05) is 43.3 Å². The molecule has 0 atom stereocenters. The number of rotatable bonds is 5. The SMILES string of the molecule is CCCNC(=O)NC(=O)CN1CC=C(c2ccccc2)CC1. The molecule has 0 saturated carbocycles. The number of carbonyl (C=O) groups is 2. The molecule has 1 aromatic carbocycles. The molecule has 0 saturated heterocycles. The fourth-order valence-electron chi connectivity index (χ4n) is 2.42. The molecule has 1 aromatic rings. The molecular formula is C17H23N3O2. The van der Waals surface area contributed by atoms with Crippen LogP contribution in [-0.4, -0.2) is 43.0 Å². The third-order valence-corrected chi connectivity index (χ3v) is 3.59. The third kappa shape index (κ3) is 5.00. The lowest BCUT2D eigenvalue weighted by Gasteiger charge is -2.25. The summed E-state index contributed by atoms with van der Waals surface area (Å²) in [5, 5.41) is 4.98. The van der Waals surface area contributed by atoms with Crippen LogP contribution in [0.5, 0.6) is 0 Å². The van der Waals surface area contributed by atoms with Crippen LogP contribution in [0.3, 0.4) is 0 Å². The van der Waals surface area contributed by atoms with Gasteiger partial charge < -0.3 is 5.32 Å². The summed E-state index contributed by atoms with van der Waals surface area (Å²) in [5.74, 6) is -0.259. The van der Waals surface area contributed by atoms with Crippen LogP contribution in [0.1, 0.15) is 25.3 Å². The highest BCUT2D eigenvalue weighted by Crippen LogP contribution is 2.21. The Morgan fingerprint density at radius 1 is 1.23 bits per heavy atom. The first-order valence-corrected chi connectivity index (χ1v) is 7.73. The number of nitrogens with zero attached hydrogens (tertiary/aromatic N) is 1. The van der Waals surface area contributed by atoms with Gasteiger partial charge in [0.1, 0.15) is 0 Å². The molecule has 1 heterocycles. The first-order chi connectivity index (χ1) is 10.7. The van der Waals surface area contributed by atoms with E-state index in [1.165, 1.54) is 11.1 Å². The monoisotopic (exact) mass is 301 g/mol. The van der Waals surface area contributed by atoms with Gasteiger partial charge in [-0.15, -0.1) is 0 Å². The molecule has 5 heteroatoms. The van der Waals surface area contributed by atoms with Crippen LogP contribution in [0, 0.1) is 0 Å². The second kappa shape index (κ2) is 8.34. The molecule has 2 rings (SSSR count). The molecule has 118 valence electrons. The quantitative estimate of drug-likeness (QED) is 0.874. The number of hydrogen-bond acceptors (Lipinski definition) is 3. The van der Waals surface area contributed by atoms with Crippen LogP contribution >= 0.6 is 0 Å². The Balaban J connectivity index is 1.78. The maximum Gasteiger partial charge on any atom is 0.321 e. The number of amides is 3. The molecular weight excluding hydrogens is 278 g/mol. The number of carbonyl (C=O) groups excluding carboxylic acids is 2. The number of imide groups is 1. The van der Waals surface area contributed by atoms with Gasteiger partial charge in [0.2, 0.25) is 5.91 Å². The predicted octanol–water partition coefficient (Wildman–Crippen LogP) is 2.01. The Morgan fingerprint density at radius 3 is 2.64 bits per heavy atom. The summed E-state index contributed by atoms with van der Waals surface area (Å²) < 4.78 is 0. The van der Waals surface area contributed by atoms with Crippen LogP contribution in [0.25, 0.3) is 5.57 Å². The fourth-order valence-corrected chi connectivity index (χ4v) is 2.42. The average molecular weight is 301 g/mol. The van der Waals surface area contributed by atoms with Crippen molar-refractivity contribution in [1.29, 1.82) is 0 Å². The molecule has 3 amide bonds. The van der Waals surface area contributed by atoms with Crippen molar-refractivity contribution >= 4 is 17.5 Å². The predicted molar refractivity (Wildman–Crippen MR) is 87.3 cm³/mol. The number of urea groups is 1. The molecule has 1 aliphatic rings. The molecule has 1 aliphatic heterocycles. The molecule has 0 unspecified atom stereocenters. The first kappa shape index (κ1) is 16.2. The van der Waals surface area contributed by atoms with Crippen LogP contribution in [0.2, 0.25) is 0 Å². The zero-order chi connectivity index (χ0) is 15.8. The van der Waals surface area contributed by atoms with E-state index in [2.05, 4.69) is 28.8 Å². The maximum absolute atomic E-state index is 11.8. The lowest BCUT2D eigenvalue weighted by molar-refractivity contribution is -0.121. The fraction of sp³-hybridized carbons (Fsp3) is 0.412. The van der Waals surface area contributed by atoms with Crippen LogP contribution in [0.15, 0.2) is 36.4 Å². The second-order valence-corrected chi connectivity index (χ2v) is 5.38. The standard InChI is InChI=1S/C17H23N3O2/c1-2-10-18-17(22)19-16(21)13-20-11-8-15(9-12-20)14-6-4-3-5-7-14/h3-8H,2,9-13H2,1H3,(H2,18,19,21,22).